The van der Waals surface area contributed by atoms with Crippen LogP contribution in [0.3, 0.4) is 0 Å². The Kier molecular flexibility index (Phi) is 12.5. The number of phenols is 1. The van der Waals surface area contributed by atoms with Gasteiger partial charge in [0.1, 0.15) is 16.3 Å². The predicted octanol–water partition coefficient (Wildman–Crippen LogP) is -6.37. The van der Waals surface area contributed by atoms with Crippen molar-refractivity contribution in [3.63, 3.8) is 0 Å². The van der Waals surface area contributed by atoms with Gasteiger partial charge in [-0.25, -0.2) is 0 Å². The second-order valence-electron chi connectivity index (χ2n) is 6.30. The molecule has 3 aromatic carbocycles. The van der Waals surface area contributed by atoms with Crippen molar-refractivity contribution in [2.75, 3.05) is 5.73 Å². The van der Waals surface area contributed by atoms with E-state index in [1.807, 2.05) is 0 Å². The number of nitrogens with zero attached hydrogens (tertiary/aromatic N) is 2. The van der Waals surface area contributed by atoms with Gasteiger partial charge in [-0.3, -0.25) is 13.7 Å². The van der Waals surface area contributed by atoms with Crippen molar-refractivity contribution < 1.29 is 137 Å². The van der Waals surface area contributed by atoms with Crippen molar-refractivity contribution in [1.29, 1.82) is 0 Å². The molecule has 0 aromatic heterocycles. The zero-order chi connectivity index (χ0) is 24.1. The van der Waals surface area contributed by atoms with Crippen molar-refractivity contribution in [3.8, 4) is 5.75 Å². The van der Waals surface area contributed by atoms with E-state index in [0.29, 0.717) is 6.07 Å². The van der Waals surface area contributed by atoms with Crippen molar-refractivity contribution in [2.24, 2.45) is 10.2 Å². The Hall–Kier alpha value is -0.150. The molecule has 0 saturated heterocycles. The SMILES string of the molecule is Nc1c(N=Nc2cccc(S(=O)(=O)O)c2)c(S(=O)(=O)O)cc2cc(S(=O)(=O)O)cc(O)c12.[H-].[H-].[H-].[Na+].[Na+].[Na+]. The van der Waals surface area contributed by atoms with Crippen LogP contribution in [0.4, 0.5) is 17.1 Å². The summed E-state index contributed by atoms with van der Waals surface area (Å²) in [6, 6.07) is 6.68. The molecule has 6 N–H and O–H groups in total. The Morgan fingerprint density at radius 3 is 1.83 bits per heavy atom. The van der Waals surface area contributed by atoms with Crippen LogP contribution in [0.25, 0.3) is 10.8 Å². The molecule has 35 heavy (non-hydrogen) atoms. The van der Waals surface area contributed by atoms with Crippen LogP contribution in [0.1, 0.15) is 4.28 Å². The van der Waals surface area contributed by atoms with E-state index >= 15 is 0 Å². The van der Waals surface area contributed by atoms with Crippen LogP contribution >= 0.6 is 0 Å². The monoisotopic (exact) mass is 575 g/mol. The van der Waals surface area contributed by atoms with E-state index in [9.17, 15) is 39.5 Å². The summed E-state index contributed by atoms with van der Waals surface area (Å²) in [5.41, 5.74) is 4.59. The molecule has 0 atom stereocenters. The number of azo groups is 1. The summed E-state index contributed by atoms with van der Waals surface area (Å²) in [7, 11) is -14.3. The molecule has 3 aromatic rings. The van der Waals surface area contributed by atoms with Gasteiger partial charge in [0.05, 0.1) is 21.2 Å². The minimum Gasteiger partial charge on any atom is -1.00 e. The van der Waals surface area contributed by atoms with E-state index in [2.05, 4.69) is 10.2 Å². The molecule has 0 unspecified atom stereocenters. The molecule has 0 saturated carbocycles. The largest absolute Gasteiger partial charge is 1.00 e. The molecule has 13 nitrogen and oxygen atoms in total. The molecule has 0 radical (unpaired) electrons. The summed E-state index contributed by atoms with van der Waals surface area (Å²) in [4.78, 5) is -2.20. The molecule has 176 valence electrons. The molecule has 0 aliphatic heterocycles. The Balaban J connectivity index is -0.000000963. The number of nitrogen functional groups attached to an aromatic ring is 1. The van der Waals surface area contributed by atoms with Crippen LogP contribution in [0.5, 0.6) is 5.75 Å². The topological polar surface area (TPSA) is 234 Å². The summed E-state index contributed by atoms with van der Waals surface area (Å²) < 4.78 is 96.8. The fraction of sp³-hybridized carbons (Fsp3) is 0. The van der Waals surface area contributed by atoms with Gasteiger partial charge in [0.15, 0.2) is 0 Å². The number of hydrogen-bond donors (Lipinski definition) is 5. The number of nitrogens with two attached hydrogens (primary N) is 1. The minimum absolute atomic E-state index is 0. The molecule has 0 bridgehead atoms. The third kappa shape index (κ3) is 8.17. The van der Waals surface area contributed by atoms with Crippen LogP contribution in [0.15, 0.2) is 67.4 Å². The predicted molar refractivity (Wildman–Crippen MR) is 113 cm³/mol. The van der Waals surface area contributed by atoms with E-state index in [-0.39, 0.29) is 109 Å². The fourth-order valence-corrected chi connectivity index (χ4v) is 4.48. The number of fused-ring (bicyclic) bond motifs is 1. The zero-order valence-electron chi connectivity index (χ0n) is 21.5. The standard InChI is InChI=1S/C16H13N3O10S3.3Na.3H/c17-15-14-8(4-11(7-12(14)20)31(24,25)26)5-13(32(27,28)29)16(15)19-18-9-2-1-3-10(6-9)30(21,22)23;;;;;;/h1-7,20H,17H2,(H,21,22,23)(H,24,25,26)(H,27,28,29);;;;;;/q;3*+1;3*-1. The van der Waals surface area contributed by atoms with Gasteiger partial charge in [-0.1, -0.05) is 6.07 Å². The number of hydrogen-bond acceptors (Lipinski definition) is 10. The van der Waals surface area contributed by atoms with Crippen LogP contribution in [-0.2, 0) is 30.4 Å². The first-order valence-corrected chi connectivity index (χ1v) is 12.4. The van der Waals surface area contributed by atoms with Gasteiger partial charge in [-0.15, -0.1) is 5.11 Å². The zero-order valence-corrected chi connectivity index (χ0v) is 26.9. The first-order valence-electron chi connectivity index (χ1n) is 8.12. The average molecular weight is 575 g/mol. The van der Waals surface area contributed by atoms with Crippen LogP contribution < -0.4 is 94.4 Å². The minimum atomic E-state index is -5.01. The average Bonchev–Trinajstić information content (AvgIpc) is 2.64. The first kappa shape index (κ1) is 34.9. The molecule has 3 rings (SSSR count). The smallest absolute Gasteiger partial charge is 1.00 e. The van der Waals surface area contributed by atoms with Crippen LogP contribution in [0, 0.1) is 0 Å². The molecule has 0 aliphatic carbocycles. The third-order valence-electron chi connectivity index (χ3n) is 4.12. The molecule has 0 amide bonds. The Bertz CT molecular complexity index is 1640. The molecule has 0 fully saturated rings. The third-order valence-corrected chi connectivity index (χ3v) is 6.67. The van der Waals surface area contributed by atoms with Crippen molar-refractivity contribution in [3.05, 3.63) is 42.5 Å². The Labute approximate surface area is 270 Å². The molecular weight excluding hydrogens is 559 g/mol. The van der Waals surface area contributed by atoms with E-state index in [4.69, 9.17) is 10.3 Å². The Morgan fingerprint density at radius 1 is 0.743 bits per heavy atom. The fourth-order valence-electron chi connectivity index (χ4n) is 2.75. The van der Waals surface area contributed by atoms with Crippen molar-refractivity contribution in [1.82, 2.24) is 0 Å². The van der Waals surface area contributed by atoms with E-state index < -0.39 is 62.2 Å². The first-order chi connectivity index (χ1) is 14.6. The number of anilines is 1. The second kappa shape index (κ2) is 12.6. The second-order valence-corrected chi connectivity index (χ2v) is 10.5. The summed E-state index contributed by atoms with van der Waals surface area (Å²) in [5.74, 6) is -0.751. The van der Waals surface area contributed by atoms with Gasteiger partial charge in [-0.05, 0) is 35.7 Å². The quantitative estimate of drug-likeness (QED) is 0.0830. The van der Waals surface area contributed by atoms with Gasteiger partial charge in [0.25, 0.3) is 30.4 Å². The summed E-state index contributed by atoms with van der Waals surface area (Å²) in [5, 5.41) is 17.0. The van der Waals surface area contributed by atoms with E-state index in [1.165, 1.54) is 12.1 Å². The maximum atomic E-state index is 11.9. The van der Waals surface area contributed by atoms with Gasteiger partial charge < -0.3 is 15.1 Å². The molecule has 19 heteroatoms. The van der Waals surface area contributed by atoms with Gasteiger partial charge in [-0.2, -0.15) is 30.4 Å². The number of rotatable bonds is 5. The number of phenolic OH excluding ortho intramolecular Hbond substituents is 1. The molecule has 0 aliphatic rings. The summed E-state index contributed by atoms with van der Waals surface area (Å²) in [6.45, 7) is 0. The maximum absolute atomic E-state index is 11.9. The number of aromatic hydroxyl groups is 1. The van der Waals surface area contributed by atoms with E-state index in [1.54, 1.807) is 0 Å². The summed E-state index contributed by atoms with van der Waals surface area (Å²) >= 11 is 0. The number of benzene rings is 3. The van der Waals surface area contributed by atoms with E-state index in [0.717, 1.165) is 24.3 Å². The van der Waals surface area contributed by atoms with Crippen LogP contribution in [0.2, 0.25) is 0 Å². The molecular formula is C16H16N3Na3O10S3. The van der Waals surface area contributed by atoms with Crippen molar-refractivity contribution >= 4 is 58.2 Å². The van der Waals surface area contributed by atoms with Crippen molar-refractivity contribution in [2.45, 2.75) is 14.7 Å². The van der Waals surface area contributed by atoms with Gasteiger partial charge in [0, 0.05) is 11.5 Å². The Morgan fingerprint density at radius 2 is 1.31 bits per heavy atom. The molecule has 0 spiro atoms. The van der Waals surface area contributed by atoms with Gasteiger partial charge >= 0.3 is 88.7 Å². The summed E-state index contributed by atoms with van der Waals surface area (Å²) in [6.07, 6.45) is 0. The van der Waals surface area contributed by atoms with Gasteiger partial charge in [0.2, 0.25) is 0 Å². The molecule has 0 heterocycles. The van der Waals surface area contributed by atoms with Crippen LogP contribution in [-0.4, -0.2) is 44.0 Å². The maximum Gasteiger partial charge on any atom is 1.00 e. The normalized spacial score (nSPS) is 12.0.